The van der Waals surface area contributed by atoms with E-state index in [1.165, 1.54) is 30.6 Å². The summed E-state index contributed by atoms with van der Waals surface area (Å²) in [6.45, 7) is 6.60. The van der Waals surface area contributed by atoms with E-state index in [-0.39, 0.29) is 24.2 Å². The summed E-state index contributed by atoms with van der Waals surface area (Å²) in [6, 6.07) is 13.4. The number of hydrogen-bond donors (Lipinski definition) is 1. The number of anilines is 1. The number of benzene rings is 2. The van der Waals surface area contributed by atoms with Crippen LogP contribution in [0.5, 0.6) is 11.5 Å². The van der Waals surface area contributed by atoms with Crippen LogP contribution < -0.4 is 14.8 Å². The number of amides is 2. The smallest absolute Gasteiger partial charge is 0.264 e. The predicted molar refractivity (Wildman–Crippen MR) is 163 cm³/mol. The van der Waals surface area contributed by atoms with Crippen molar-refractivity contribution in [3.8, 4) is 11.5 Å². The number of nitrogens with zero attached hydrogens (tertiary/aromatic N) is 4. The van der Waals surface area contributed by atoms with Crippen LogP contribution in [0.4, 0.5) is 5.13 Å². The van der Waals surface area contributed by atoms with E-state index in [0.717, 1.165) is 42.7 Å². The van der Waals surface area contributed by atoms with Crippen molar-refractivity contribution in [1.82, 2.24) is 19.7 Å². The molecular formula is C31H37N5O5S. The first-order valence-corrected chi connectivity index (χ1v) is 15.0. The molecule has 5 rings (SSSR count). The van der Waals surface area contributed by atoms with Crippen LogP contribution in [0.1, 0.15) is 30.1 Å². The third kappa shape index (κ3) is 7.15. The Morgan fingerprint density at radius 3 is 2.60 bits per heavy atom. The van der Waals surface area contributed by atoms with Crippen molar-refractivity contribution in [2.75, 3.05) is 58.8 Å². The van der Waals surface area contributed by atoms with Crippen molar-refractivity contribution in [1.29, 1.82) is 0 Å². The molecule has 2 aromatic carbocycles. The number of carbonyl (C=O) groups excluding carboxylic acids is 3. The molecule has 42 heavy (non-hydrogen) atoms. The zero-order chi connectivity index (χ0) is 29.6. The number of aromatic nitrogens is 1. The third-order valence-corrected chi connectivity index (χ3v) is 8.96. The van der Waals surface area contributed by atoms with Gasteiger partial charge in [0, 0.05) is 56.9 Å². The topological polar surface area (TPSA) is 104 Å². The first-order chi connectivity index (χ1) is 20.3. The Balaban J connectivity index is 1.10. The summed E-state index contributed by atoms with van der Waals surface area (Å²) in [4.78, 5) is 49.3. The normalized spacial score (nSPS) is 18.8. The molecule has 1 atom stereocenters. The van der Waals surface area contributed by atoms with E-state index in [0.29, 0.717) is 47.4 Å². The summed E-state index contributed by atoms with van der Waals surface area (Å²) in [6.07, 6.45) is 4.52. The second kappa shape index (κ2) is 13.5. The lowest BCUT2D eigenvalue weighted by Crippen LogP contribution is -2.55. The van der Waals surface area contributed by atoms with Gasteiger partial charge in [0.05, 0.1) is 22.9 Å². The Labute approximate surface area is 249 Å². The number of allylic oxidation sites excluding steroid dienone is 1. The minimum atomic E-state index is -0.350. The van der Waals surface area contributed by atoms with E-state index in [4.69, 9.17) is 9.47 Å². The van der Waals surface area contributed by atoms with Gasteiger partial charge in [0.25, 0.3) is 5.91 Å². The average molecular weight is 592 g/mol. The molecule has 1 N–H and O–H groups in total. The molecule has 1 aromatic heterocycles. The van der Waals surface area contributed by atoms with E-state index in [1.807, 2.05) is 29.2 Å². The van der Waals surface area contributed by atoms with Gasteiger partial charge < -0.3 is 19.3 Å². The molecule has 0 radical (unpaired) electrons. The van der Waals surface area contributed by atoms with Crippen LogP contribution in [0.3, 0.4) is 0 Å². The van der Waals surface area contributed by atoms with Crippen LogP contribution in [0.2, 0.25) is 0 Å². The van der Waals surface area contributed by atoms with Gasteiger partial charge in [-0.1, -0.05) is 23.5 Å². The van der Waals surface area contributed by atoms with Gasteiger partial charge in [-0.3, -0.25) is 24.6 Å². The fourth-order valence-electron chi connectivity index (χ4n) is 5.40. The van der Waals surface area contributed by atoms with Crippen LogP contribution in [0, 0.1) is 0 Å². The largest absolute Gasteiger partial charge is 0.496 e. The molecule has 222 valence electrons. The lowest BCUT2D eigenvalue weighted by atomic mass is 10.0. The number of ether oxygens (including phenoxy) is 2. The summed E-state index contributed by atoms with van der Waals surface area (Å²) in [7, 11) is 3.62. The highest BCUT2D eigenvalue weighted by Gasteiger charge is 2.30. The summed E-state index contributed by atoms with van der Waals surface area (Å²) < 4.78 is 12.0. The summed E-state index contributed by atoms with van der Waals surface area (Å²) in [5.74, 6) is -0.186. The van der Waals surface area contributed by atoms with Gasteiger partial charge in [-0.25, -0.2) is 4.98 Å². The molecule has 2 fully saturated rings. The first-order valence-electron chi connectivity index (χ1n) is 14.2. The second-order valence-corrected chi connectivity index (χ2v) is 11.8. The highest BCUT2D eigenvalue weighted by atomic mass is 32.1. The molecule has 10 nitrogen and oxygen atoms in total. The third-order valence-electron chi connectivity index (χ3n) is 8.01. The van der Waals surface area contributed by atoms with Crippen LogP contribution in [-0.4, -0.2) is 103 Å². The Kier molecular flexibility index (Phi) is 9.51. The molecule has 3 aromatic rings. The Morgan fingerprint density at radius 2 is 1.86 bits per heavy atom. The number of fused-ring (bicyclic) bond motifs is 1. The molecule has 1 unspecified atom stereocenters. The summed E-state index contributed by atoms with van der Waals surface area (Å²) in [5.41, 5.74) is 1.12. The number of piperidine rings is 1. The average Bonchev–Trinajstić information content (AvgIpc) is 3.42. The van der Waals surface area contributed by atoms with E-state index >= 15 is 0 Å². The number of nitrogens with one attached hydrogen (secondary N) is 1. The van der Waals surface area contributed by atoms with Crippen LogP contribution in [0.15, 0.2) is 54.6 Å². The van der Waals surface area contributed by atoms with Crippen molar-refractivity contribution >= 4 is 44.3 Å². The minimum absolute atomic E-state index is 0.161. The number of para-hydroxylation sites is 1. The molecule has 2 saturated heterocycles. The van der Waals surface area contributed by atoms with Gasteiger partial charge in [0.2, 0.25) is 5.91 Å². The highest BCUT2D eigenvalue weighted by Crippen LogP contribution is 2.27. The van der Waals surface area contributed by atoms with Gasteiger partial charge in [0.1, 0.15) is 11.5 Å². The molecule has 2 aliphatic heterocycles. The fraction of sp³-hybridized carbons (Fsp3) is 0.419. The van der Waals surface area contributed by atoms with Crippen molar-refractivity contribution in [2.45, 2.75) is 31.8 Å². The van der Waals surface area contributed by atoms with Crippen molar-refractivity contribution in [2.24, 2.45) is 0 Å². The molecular weight excluding hydrogens is 554 g/mol. The molecule has 2 aliphatic rings. The number of likely N-dealkylation sites (N-methyl/N-ethyl adjacent to an activating group) is 1. The highest BCUT2D eigenvalue weighted by molar-refractivity contribution is 7.22. The first kappa shape index (κ1) is 29.7. The van der Waals surface area contributed by atoms with Gasteiger partial charge in [0.15, 0.2) is 17.5 Å². The van der Waals surface area contributed by atoms with Gasteiger partial charge >= 0.3 is 0 Å². The number of likely N-dealkylation sites (tertiary alicyclic amines) is 1. The second-order valence-electron chi connectivity index (χ2n) is 10.8. The molecule has 0 aliphatic carbocycles. The molecule has 0 spiro atoms. The van der Waals surface area contributed by atoms with E-state index in [1.54, 1.807) is 18.2 Å². The Bertz CT molecular complexity index is 1430. The quantitative estimate of drug-likeness (QED) is 0.297. The predicted octanol–water partition coefficient (Wildman–Crippen LogP) is 3.69. The Morgan fingerprint density at radius 1 is 1.07 bits per heavy atom. The SMILES string of the molecule is COc1cc(OCC(=O)Nc2nc3ccccc3s2)ccc1C(=O)C=CC(=O)N1CCC(N2CCN(C)C(C)C2)CC1. The summed E-state index contributed by atoms with van der Waals surface area (Å²) >= 11 is 1.39. The minimum Gasteiger partial charge on any atom is -0.496 e. The number of carbonyl (C=O) groups is 3. The van der Waals surface area contributed by atoms with E-state index in [2.05, 4.69) is 34.1 Å². The molecule has 3 heterocycles. The number of methoxy groups -OCH3 is 1. The lowest BCUT2D eigenvalue weighted by Gasteiger charge is -2.44. The van der Waals surface area contributed by atoms with Crippen molar-refractivity contribution in [3.63, 3.8) is 0 Å². The van der Waals surface area contributed by atoms with Gasteiger partial charge in [-0.15, -0.1) is 0 Å². The number of thiazole rings is 1. The number of ketones is 1. The number of hydrogen-bond acceptors (Lipinski definition) is 9. The van der Waals surface area contributed by atoms with Crippen molar-refractivity contribution < 1.29 is 23.9 Å². The van der Waals surface area contributed by atoms with Gasteiger partial charge in [-0.05, 0) is 57.2 Å². The molecule has 2 amide bonds. The molecule has 0 saturated carbocycles. The maximum absolute atomic E-state index is 12.9. The van der Waals surface area contributed by atoms with Crippen LogP contribution in [-0.2, 0) is 9.59 Å². The summed E-state index contributed by atoms with van der Waals surface area (Å²) in [5, 5.41) is 3.24. The molecule has 11 heteroatoms. The van der Waals surface area contributed by atoms with E-state index < -0.39 is 0 Å². The van der Waals surface area contributed by atoms with Gasteiger partial charge in [-0.2, -0.15) is 0 Å². The molecule has 0 bridgehead atoms. The lowest BCUT2D eigenvalue weighted by molar-refractivity contribution is -0.127. The Hall–Kier alpha value is -3.80. The maximum atomic E-state index is 12.9. The fourth-order valence-corrected chi connectivity index (χ4v) is 6.28. The van der Waals surface area contributed by atoms with Crippen molar-refractivity contribution in [3.05, 3.63) is 60.2 Å². The van der Waals surface area contributed by atoms with Crippen LogP contribution in [0.25, 0.3) is 10.2 Å². The zero-order valence-electron chi connectivity index (χ0n) is 24.2. The monoisotopic (exact) mass is 591 g/mol. The maximum Gasteiger partial charge on any atom is 0.264 e. The zero-order valence-corrected chi connectivity index (χ0v) is 25.1. The van der Waals surface area contributed by atoms with Crippen LogP contribution >= 0.6 is 11.3 Å². The number of piperazine rings is 1. The standard InChI is InChI=1S/C31H37N5O5S/c1-21-19-36(17-16-34(21)2)22-12-14-35(15-13-22)30(39)11-10-26(37)24-9-8-23(18-27(24)40-3)41-20-29(38)33-31-32-25-6-4-5-7-28(25)42-31/h4-11,18,21-22H,12-17,19-20H2,1-3H3,(H,32,33,38). The van der Waals surface area contributed by atoms with E-state index in [9.17, 15) is 14.4 Å². The number of rotatable bonds is 9.